The highest BCUT2D eigenvalue weighted by Crippen LogP contribution is 2.22. The van der Waals surface area contributed by atoms with Crippen molar-refractivity contribution < 1.29 is 4.79 Å². The number of hydrogen-bond donors (Lipinski definition) is 2. The molecule has 4 nitrogen and oxygen atoms in total. The van der Waals surface area contributed by atoms with Crippen LogP contribution in [0.1, 0.15) is 25.7 Å². The van der Waals surface area contributed by atoms with E-state index in [1.165, 1.54) is 12.1 Å². The second kappa shape index (κ2) is 9.72. The summed E-state index contributed by atoms with van der Waals surface area (Å²) in [5.41, 5.74) is 1.23. The van der Waals surface area contributed by atoms with Gasteiger partial charge in [0, 0.05) is 29.3 Å². The summed E-state index contributed by atoms with van der Waals surface area (Å²) >= 11 is 3.46. The van der Waals surface area contributed by atoms with Crippen LogP contribution >= 0.6 is 40.7 Å². The maximum absolute atomic E-state index is 12.2. The predicted molar refractivity (Wildman–Crippen MR) is 103 cm³/mol. The number of carbonyl (C=O) groups is 1. The van der Waals surface area contributed by atoms with Crippen LogP contribution < -0.4 is 15.5 Å². The Morgan fingerprint density at radius 1 is 1.17 bits per heavy atom. The molecule has 2 atom stereocenters. The summed E-state index contributed by atoms with van der Waals surface area (Å²) in [5.74, 6) is 0.178. The number of amides is 1. The maximum atomic E-state index is 12.2. The van der Waals surface area contributed by atoms with Crippen molar-refractivity contribution in [3.8, 4) is 0 Å². The molecule has 2 aliphatic heterocycles. The molecular formula is C16H24BrCl2N3O. The van der Waals surface area contributed by atoms with E-state index in [-0.39, 0.29) is 42.8 Å². The van der Waals surface area contributed by atoms with Gasteiger partial charge in [-0.25, -0.2) is 0 Å². The third-order valence-electron chi connectivity index (χ3n) is 4.35. The standard InChI is InChI=1S/C16H22BrN3O.2ClH/c17-12-4-6-14(7-5-12)20-10-8-13(11-20)19-16(21)15-3-1-2-9-18-15;;/h4-7,13,15,18H,1-3,8-11H2,(H,19,21);2*1H/t13?,15-;;/m1../s1. The van der Waals surface area contributed by atoms with E-state index in [0.717, 1.165) is 43.4 Å². The van der Waals surface area contributed by atoms with Gasteiger partial charge in [-0.3, -0.25) is 4.79 Å². The van der Waals surface area contributed by atoms with E-state index >= 15 is 0 Å². The van der Waals surface area contributed by atoms with Crippen LogP contribution in [0.4, 0.5) is 5.69 Å². The summed E-state index contributed by atoms with van der Waals surface area (Å²) in [6.45, 7) is 2.87. The van der Waals surface area contributed by atoms with Crippen LogP contribution in [0.2, 0.25) is 0 Å². The lowest BCUT2D eigenvalue weighted by Crippen LogP contribution is -2.50. The first-order chi connectivity index (χ1) is 10.2. The van der Waals surface area contributed by atoms with E-state index in [0.29, 0.717) is 0 Å². The minimum Gasteiger partial charge on any atom is -0.369 e. The Hall–Kier alpha value is -0.490. The van der Waals surface area contributed by atoms with E-state index < -0.39 is 0 Å². The average Bonchev–Trinajstić information content (AvgIpc) is 2.97. The molecule has 2 fully saturated rings. The zero-order valence-corrected chi connectivity index (χ0v) is 16.2. The van der Waals surface area contributed by atoms with Crippen LogP contribution in [0.5, 0.6) is 0 Å². The molecule has 0 saturated carbocycles. The van der Waals surface area contributed by atoms with E-state index in [9.17, 15) is 4.79 Å². The normalized spacial score (nSPS) is 23.6. The van der Waals surface area contributed by atoms with Crippen molar-refractivity contribution in [1.29, 1.82) is 0 Å². The van der Waals surface area contributed by atoms with Crippen molar-refractivity contribution in [3.05, 3.63) is 28.7 Å². The topological polar surface area (TPSA) is 44.4 Å². The number of halogens is 3. The van der Waals surface area contributed by atoms with Gasteiger partial charge in [0.05, 0.1) is 6.04 Å². The minimum atomic E-state index is 0. The minimum absolute atomic E-state index is 0. The summed E-state index contributed by atoms with van der Waals surface area (Å²) in [6, 6.07) is 8.65. The molecule has 1 aromatic carbocycles. The van der Waals surface area contributed by atoms with Crippen LogP contribution in [0.3, 0.4) is 0 Å². The molecule has 0 aliphatic carbocycles. The fraction of sp³-hybridized carbons (Fsp3) is 0.562. The Kier molecular flexibility index (Phi) is 8.69. The zero-order valence-electron chi connectivity index (χ0n) is 13.0. The molecule has 2 saturated heterocycles. The van der Waals surface area contributed by atoms with Crippen molar-refractivity contribution in [3.63, 3.8) is 0 Å². The van der Waals surface area contributed by atoms with Gasteiger partial charge >= 0.3 is 0 Å². The molecule has 1 amide bonds. The third-order valence-corrected chi connectivity index (χ3v) is 4.88. The van der Waals surface area contributed by atoms with Gasteiger partial charge in [-0.1, -0.05) is 22.4 Å². The molecule has 0 aromatic heterocycles. The van der Waals surface area contributed by atoms with Gasteiger partial charge in [0.2, 0.25) is 5.91 Å². The Labute approximate surface area is 158 Å². The highest BCUT2D eigenvalue weighted by Gasteiger charge is 2.27. The number of carbonyl (C=O) groups excluding carboxylic acids is 1. The van der Waals surface area contributed by atoms with Crippen molar-refractivity contribution in [2.24, 2.45) is 0 Å². The molecule has 2 N–H and O–H groups in total. The molecule has 1 aromatic rings. The van der Waals surface area contributed by atoms with Crippen LogP contribution in [0.25, 0.3) is 0 Å². The van der Waals surface area contributed by atoms with Crippen LogP contribution in [-0.2, 0) is 4.79 Å². The van der Waals surface area contributed by atoms with E-state index in [2.05, 4.69) is 55.7 Å². The zero-order chi connectivity index (χ0) is 14.7. The SMILES string of the molecule is Cl.Cl.O=C(NC1CCN(c2ccc(Br)cc2)C1)[C@H]1CCCCN1. The molecule has 2 aliphatic rings. The van der Waals surface area contributed by atoms with Crippen LogP contribution in [0, 0.1) is 0 Å². The van der Waals surface area contributed by atoms with Gasteiger partial charge < -0.3 is 15.5 Å². The molecule has 7 heteroatoms. The van der Waals surface area contributed by atoms with Crippen LogP contribution in [-0.4, -0.2) is 37.6 Å². The van der Waals surface area contributed by atoms with Gasteiger partial charge in [0.25, 0.3) is 0 Å². The molecule has 130 valence electrons. The number of nitrogens with one attached hydrogen (secondary N) is 2. The summed E-state index contributed by atoms with van der Waals surface area (Å²) in [7, 11) is 0. The van der Waals surface area contributed by atoms with Crippen molar-refractivity contribution >= 4 is 52.3 Å². The molecule has 3 rings (SSSR count). The Bertz CT molecular complexity index is 495. The Morgan fingerprint density at radius 2 is 1.91 bits per heavy atom. The largest absolute Gasteiger partial charge is 0.369 e. The quantitative estimate of drug-likeness (QED) is 0.783. The number of anilines is 1. The molecule has 2 heterocycles. The molecule has 1 unspecified atom stereocenters. The number of piperidine rings is 1. The summed E-state index contributed by atoms with van der Waals surface area (Å²) in [4.78, 5) is 14.6. The summed E-state index contributed by atoms with van der Waals surface area (Å²) in [5, 5.41) is 6.52. The molecule has 23 heavy (non-hydrogen) atoms. The van der Waals surface area contributed by atoms with E-state index in [1.54, 1.807) is 0 Å². The highest BCUT2D eigenvalue weighted by atomic mass is 79.9. The van der Waals surface area contributed by atoms with Gasteiger partial charge in [-0.2, -0.15) is 0 Å². The first-order valence-electron chi connectivity index (χ1n) is 7.76. The summed E-state index contributed by atoms with van der Waals surface area (Å²) in [6.07, 6.45) is 4.33. The first-order valence-corrected chi connectivity index (χ1v) is 8.56. The van der Waals surface area contributed by atoms with Gasteiger partial charge in [0.1, 0.15) is 0 Å². The highest BCUT2D eigenvalue weighted by molar-refractivity contribution is 9.10. The smallest absolute Gasteiger partial charge is 0.237 e. The first kappa shape index (κ1) is 20.6. The van der Waals surface area contributed by atoms with Crippen LogP contribution in [0.15, 0.2) is 28.7 Å². The van der Waals surface area contributed by atoms with Crippen molar-refractivity contribution in [2.45, 2.75) is 37.8 Å². The maximum Gasteiger partial charge on any atom is 0.237 e. The Balaban J connectivity index is 0.00000132. The predicted octanol–water partition coefficient (Wildman–Crippen LogP) is 3.13. The fourth-order valence-corrected chi connectivity index (χ4v) is 3.41. The number of benzene rings is 1. The Morgan fingerprint density at radius 3 is 2.57 bits per heavy atom. The molecule has 0 radical (unpaired) electrons. The number of hydrogen-bond acceptors (Lipinski definition) is 3. The third kappa shape index (κ3) is 5.52. The molecule has 0 spiro atoms. The lowest BCUT2D eigenvalue weighted by atomic mass is 10.0. The van der Waals surface area contributed by atoms with Gasteiger partial charge in [-0.15, -0.1) is 24.8 Å². The molecule has 0 bridgehead atoms. The van der Waals surface area contributed by atoms with E-state index in [4.69, 9.17) is 0 Å². The number of nitrogens with zero attached hydrogens (tertiary/aromatic N) is 1. The second-order valence-corrected chi connectivity index (χ2v) is 6.83. The fourth-order valence-electron chi connectivity index (χ4n) is 3.14. The van der Waals surface area contributed by atoms with Crippen molar-refractivity contribution in [2.75, 3.05) is 24.5 Å². The van der Waals surface area contributed by atoms with Gasteiger partial charge in [-0.05, 0) is 50.1 Å². The van der Waals surface area contributed by atoms with Gasteiger partial charge in [0.15, 0.2) is 0 Å². The molecular weight excluding hydrogens is 401 g/mol. The monoisotopic (exact) mass is 423 g/mol. The number of rotatable bonds is 3. The lowest BCUT2D eigenvalue weighted by molar-refractivity contribution is -0.124. The second-order valence-electron chi connectivity index (χ2n) is 5.92. The van der Waals surface area contributed by atoms with Crippen molar-refractivity contribution in [1.82, 2.24) is 10.6 Å². The van der Waals surface area contributed by atoms with E-state index in [1.807, 2.05) is 0 Å². The average molecular weight is 425 g/mol. The summed E-state index contributed by atoms with van der Waals surface area (Å²) < 4.78 is 1.10. The lowest BCUT2D eigenvalue weighted by Gasteiger charge is -2.24.